The summed E-state index contributed by atoms with van der Waals surface area (Å²) in [7, 11) is 2.47. The lowest BCUT2D eigenvalue weighted by molar-refractivity contribution is -0.144. The number of rotatable bonds is 2. The first-order chi connectivity index (χ1) is 6.20. The maximum Gasteiger partial charge on any atom is 0.347 e. The number of carbonyl (C=O) groups excluding carboxylic acids is 2. The van der Waals surface area contributed by atoms with Crippen molar-refractivity contribution in [3.63, 3.8) is 0 Å². The SMILES string of the molecule is COC(=O)C(C(=O)OC)=C1SCS1. The lowest BCUT2D eigenvalue weighted by atomic mass is 10.3. The molecule has 0 aromatic rings. The summed E-state index contributed by atoms with van der Waals surface area (Å²) < 4.78 is 9.62. The lowest BCUT2D eigenvalue weighted by Crippen LogP contribution is -2.18. The standard InChI is InChI=1S/C7H8O4S2/c1-10-5(8)4(6(9)11-2)7-12-3-13-7/h3H2,1-2H3. The van der Waals surface area contributed by atoms with Gasteiger partial charge < -0.3 is 9.47 Å². The molecule has 0 atom stereocenters. The van der Waals surface area contributed by atoms with Gasteiger partial charge in [0, 0.05) is 5.08 Å². The van der Waals surface area contributed by atoms with Crippen LogP contribution >= 0.6 is 23.5 Å². The molecule has 4 nitrogen and oxygen atoms in total. The summed E-state index contributed by atoms with van der Waals surface area (Å²) >= 11 is 2.88. The Bertz CT molecular complexity index is 248. The highest BCUT2D eigenvalue weighted by Crippen LogP contribution is 2.45. The van der Waals surface area contributed by atoms with Crippen molar-refractivity contribution in [2.75, 3.05) is 19.3 Å². The van der Waals surface area contributed by atoms with Crippen LogP contribution in [-0.4, -0.2) is 31.2 Å². The molecular formula is C7H8O4S2. The molecule has 1 fully saturated rings. The highest BCUT2D eigenvalue weighted by molar-refractivity contribution is 8.37. The van der Waals surface area contributed by atoms with Crippen LogP contribution in [0.4, 0.5) is 0 Å². The minimum Gasteiger partial charge on any atom is -0.465 e. The third-order valence-electron chi connectivity index (χ3n) is 1.36. The van der Waals surface area contributed by atoms with Crippen molar-refractivity contribution in [3.8, 4) is 0 Å². The van der Waals surface area contributed by atoms with Gasteiger partial charge in [-0.05, 0) is 0 Å². The van der Waals surface area contributed by atoms with Crippen molar-refractivity contribution in [1.82, 2.24) is 0 Å². The highest BCUT2D eigenvalue weighted by atomic mass is 32.3. The number of ether oxygens (including phenoxy) is 2. The van der Waals surface area contributed by atoms with Gasteiger partial charge in [-0.25, -0.2) is 9.59 Å². The number of esters is 2. The van der Waals surface area contributed by atoms with Crippen LogP contribution in [0.15, 0.2) is 9.81 Å². The predicted molar refractivity (Wildman–Crippen MR) is 51.1 cm³/mol. The van der Waals surface area contributed by atoms with Crippen molar-refractivity contribution in [1.29, 1.82) is 0 Å². The first-order valence-electron chi connectivity index (χ1n) is 3.37. The molecule has 0 N–H and O–H groups in total. The zero-order valence-corrected chi connectivity index (χ0v) is 8.79. The van der Waals surface area contributed by atoms with Crippen molar-refractivity contribution >= 4 is 35.5 Å². The number of carbonyl (C=O) groups is 2. The molecule has 1 saturated heterocycles. The minimum atomic E-state index is -0.637. The van der Waals surface area contributed by atoms with Gasteiger partial charge in [-0.2, -0.15) is 0 Å². The van der Waals surface area contributed by atoms with Crippen molar-refractivity contribution in [2.24, 2.45) is 0 Å². The Balaban J connectivity index is 2.88. The second-order valence-corrected chi connectivity index (χ2v) is 4.65. The van der Waals surface area contributed by atoms with E-state index in [0.717, 1.165) is 5.08 Å². The monoisotopic (exact) mass is 220 g/mol. The summed E-state index contributed by atoms with van der Waals surface area (Å²) in [5.74, 6) is -1.27. The quantitative estimate of drug-likeness (QED) is 0.299. The summed E-state index contributed by atoms with van der Waals surface area (Å²) in [5, 5.41) is 0.854. The Labute approximate surface area is 84.0 Å². The van der Waals surface area contributed by atoms with E-state index in [1.54, 1.807) is 0 Å². The van der Waals surface area contributed by atoms with Crippen LogP contribution in [0.1, 0.15) is 0 Å². The van der Waals surface area contributed by atoms with Gasteiger partial charge in [0.1, 0.15) is 0 Å². The number of thioether (sulfide) groups is 2. The van der Waals surface area contributed by atoms with E-state index in [0.29, 0.717) is 4.24 Å². The molecule has 1 heterocycles. The third kappa shape index (κ3) is 2.19. The average Bonchev–Trinajstić information content (AvgIpc) is 2.08. The van der Waals surface area contributed by atoms with E-state index in [2.05, 4.69) is 9.47 Å². The molecule has 0 unspecified atom stereocenters. The molecule has 0 aromatic heterocycles. The summed E-state index contributed by atoms with van der Waals surface area (Å²) in [6.45, 7) is 0. The van der Waals surface area contributed by atoms with Crippen LogP contribution in [-0.2, 0) is 19.1 Å². The molecule has 0 radical (unpaired) electrons. The van der Waals surface area contributed by atoms with Crippen LogP contribution in [0.5, 0.6) is 0 Å². The average molecular weight is 220 g/mol. The maximum absolute atomic E-state index is 11.1. The van der Waals surface area contributed by atoms with Gasteiger partial charge in [0.05, 0.1) is 18.5 Å². The number of hydrogen-bond donors (Lipinski definition) is 0. The van der Waals surface area contributed by atoms with Crippen LogP contribution in [0, 0.1) is 0 Å². The van der Waals surface area contributed by atoms with Crippen LogP contribution in [0.3, 0.4) is 0 Å². The summed E-state index contributed by atoms with van der Waals surface area (Å²) in [6.07, 6.45) is 0. The van der Waals surface area contributed by atoms with Gasteiger partial charge >= 0.3 is 11.9 Å². The Kier molecular flexibility index (Phi) is 3.68. The Morgan fingerprint density at radius 1 is 1.15 bits per heavy atom. The van der Waals surface area contributed by atoms with Gasteiger partial charge in [-0.1, -0.05) is 0 Å². The van der Waals surface area contributed by atoms with Gasteiger partial charge in [0.15, 0.2) is 5.57 Å². The highest BCUT2D eigenvalue weighted by Gasteiger charge is 2.29. The molecule has 0 aromatic carbocycles. The molecule has 0 amide bonds. The molecule has 1 aliphatic heterocycles. The largest absolute Gasteiger partial charge is 0.465 e. The van der Waals surface area contributed by atoms with Gasteiger partial charge in [0.25, 0.3) is 0 Å². The fourth-order valence-electron chi connectivity index (χ4n) is 0.716. The smallest absolute Gasteiger partial charge is 0.347 e. The van der Waals surface area contributed by atoms with Crippen LogP contribution in [0.2, 0.25) is 0 Å². The molecule has 13 heavy (non-hydrogen) atoms. The van der Waals surface area contributed by atoms with E-state index < -0.39 is 11.9 Å². The second-order valence-electron chi connectivity index (χ2n) is 2.05. The zero-order valence-electron chi connectivity index (χ0n) is 7.16. The van der Waals surface area contributed by atoms with Crippen molar-refractivity contribution < 1.29 is 19.1 Å². The number of hydrogen-bond acceptors (Lipinski definition) is 6. The van der Waals surface area contributed by atoms with Gasteiger partial charge in [-0.15, -0.1) is 23.5 Å². The molecule has 0 saturated carbocycles. The predicted octanol–water partition coefficient (Wildman–Crippen LogP) is 0.981. The normalized spacial score (nSPS) is 14.5. The second kappa shape index (κ2) is 4.57. The van der Waals surface area contributed by atoms with E-state index in [9.17, 15) is 9.59 Å². The molecule has 72 valence electrons. The molecule has 0 spiro atoms. The fraction of sp³-hybridized carbons (Fsp3) is 0.429. The van der Waals surface area contributed by atoms with E-state index >= 15 is 0 Å². The molecular weight excluding hydrogens is 212 g/mol. The Morgan fingerprint density at radius 2 is 1.62 bits per heavy atom. The van der Waals surface area contributed by atoms with Crippen LogP contribution < -0.4 is 0 Å². The fourth-order valence-corrected chi connectivity index (χ4v) is 2.28. The number of methoxy groups -OCH3 is 2. The molecule has 1 rings (SSSR count). The zero-order chi connectivity index (χ0) is 9.84. The summed E-state index contributed by atoms with van der Waals surface area (Å²) in [5.41, 5.74) is 0.00579. The molecule has 0 aliphatic carbocycles. The first-order valence-corrected chi connectivity index (χ1v) is 5.34. The lowest BCUT2D eigenvalue weighted by Gasteiger charge is -2.17. The van der Waals surface area contributed by atoms with Crippen LogP contribution in [0.25, 0.3) is 0 Å². The van der Waals surface area contributed by atoms with Crippen molar-refractivity contribution in [3.05, 3.63) is 9.81 Å². The first kappa shape index (κ1) is 10.5. The van der Waals surface area contributed by atoms with Gasteiger partial charge in [0.2, 0.25) is 0 Å². The summed E-state index contributed by atoms with van der Waals surface area (Å²) in [6, 6.07) is 0. The third-order valence-corrected chi connectivity index (χ3v) is 3.95. The van der Waals surface area contributed by atoms with E-state index in [-0.39, 0.29) is 5.57 Å². The Morgan fingerprint density at radius 3 is 1.85 bits per heavy atom. The van der Waals surface area contributed by atoms with E-state index in [4.69, 9.17) is 0 Å². The van der Waals surface area contributed by atoms with E-state index in [1.165, 1.54) is 37.7 Å². The molecule has 0 bridgehead atoms. The topological polar surface area (TPSA) is 52.6 Å². The summed E-state index contributed by atoms with van der Waals surface area (Å²) in [4.78, 5) is 22.3. The molecule has 6 heteroatoms. The van der Waals surface area contributed by atoms with Gasteiger partial charge in [-0.3, -0.25) is 0 Å². The van der Waals surface area contributed by atoms with E-state index in [1.807, 2.05) is 0 Å². The van der Waals surface area contributed by atoms with Crippen molar-refractivity contribution in [2.45, 2.75) is 0 Å². The Hall–Kier alpha value is -0.620. The maximum atomic E-state index is 11.1. The minimum absolute atomic E-state index is 0.00579. The molecule has 1 aliphatic rings.